The molecule has 0 aliphatic carbocycles. The van der Waals surface area contributed by atoms with Gasteiger partial charge in [-0.15, -0.1) is 0 Å². The van der Waals surface area contributed by atoms with E-state index in [9.17, 15) is 9.59 Å². The summed E-state index contributed by atoms with van der Waals surface area (Å²) >= 11 is 0. The normalized spacial score (nSPS) is 16.9. The van der Waals surface area contributed by atoms with Crippen LogP contribution in [0.25, 0.3) is 11.3 Å². The third-order valence-electron chi connectivity index (χ3n) is 5.39. The maximum absolute atomic E-state index is 13.1. The molecule has 9 nitrogen and oxygen atoms in total. The monoisotopic (exact) mass is 401 g/mol. The SMILES string of the molecule is CC(=O)c1cc(-c2ccc3c(n2)N(C(=O)Nc2cnccn2)[C@H]2CCN3C2)ccn1. The van der Waals surface area contributed by atoms with Crippen LogP contribution < -0.4 is 15.1 Å². The number of carbonyl (C=O) groups excluding carboxylic acids is 2. The fourth-order valence-electron chi connectivity index (χ4n) is 3.95. The predicted molar refractivity (Wildman–Crippen MR) is 112 cm³/mol. The number of hydrogen-bond acceptors (Lipinski definition) is 7. The molecule has 2 aliphatic heterocycles. The standard InChI is InChI=1S/C21H19N7O2/c1-13(29)17-10-14(4-6-23-17)16-2-3-18-20(25-16)28(15-5-9-27(18)12-15)21(30)26-19-11-22-7-8-24-19/h2-4,6-8,10-11,15H,5,9,12H2,1H3,(H,24,26,30)/t15-/m0/s1. The summed E-state index contributed by atoms with van der Waals surface area (Å²) in [5.41, 5.74) is 2.76. The molecule has 0 spiro atoms. The van der Waals surface area contributed by atoms with Crippen molar-refractivity contribution in [3.05, 3.63) is 54.7 Å². The topological polar surface area (TPSA) is 104 Å². The fraction of sp³-hybridized carbons (Fsp3) is 0.238. The first-order chi connectivity index (χ1) is 14.6. The number of pyridine rings is 2. The summed E-state index contributed by atoms with van der Waals surface area (Å²) in [6, 6.07) is 7.17. The van der Waals surface area contributed by atoms with Crippen molar-refractivity contribution in [2.24, 2.45) is 0 Å². The molecule has 150 valence electrons. The number of anilines is 3. The van der Waals surface area contributed by atoms with Gasteiger partial charge < -0.3 is 4.90 Å². The van der Waals surface area contributed by atoms with Crippen molar-refractivity contribution in [1.82, 2.24) is 19.9 Å². The van der Waals surface area contributed by atoms with Crippen molar-refractivity contribution >= 4 is 29.1 Å². The van der Waals surface area contributed by atoms with Crippen LogP contribution in [0.1, 0.15) is 23.8 Å². The van der Waals surface area contributed by atoms with Crippen LogP contribution in [0.5, 0.6) is 0 Å². The predicted octanol–water partition coefficient (Wildman–Crippen LogP) is 2.77. The van der Waals surface area contributed by atoms with E-state index in [4.69, 9.17) is 4.98 Å². The number of rotatable bonds is 3. The number of Topliss-reactive ketones (excluding diaryl/α,β-unsaturated/α-hetero) is 1. The Morgan fingerprint density at radius 2 is 2.03 bits per heavy atom. The third kappa shape index (κ3) is 3.14. The van der Waals surface area contributed by atoms with Gasteiger partial charge in [-0.05, 0) is 30.7 Å². The van der Waals surface area contributed by atoms with E-state index in [0.717, 1.165) is 30.8 Å². The highest BCUT2D eigenvalue weighted by atomic mass is 16.2. The minimum absolute atomic E-state index is 0.0298. The lowest BCUT2D eigenvalue weighted by atomic mass is 10.1. The molecule has 1 N–H and O–H groups in total. The summed E-state index contributed by atoms with van der Waals surface area (Å²) in [6.07, 6.45) is 7.05. The highest BCUT2D eigenvalue weighted by Crippen LogP contribution is 2.40. The number of ketones is 1. The van der Waals surface area contributed by atoms with Crippen molar-refractivity contribution in [2.75, 3.05) is 28.2 Å². The first-order valence-electron chi connectivity index (χ1n) is 9.70. The average molecular weight is 401 g/mol. The molecular formula is C21H19N7O2. The Balaban J connectivity index is 1.54. The molecule has 0 unspecified atom stereocenters. The Morgan fingerprint density at radius 1 is 1.13 bits per heavy atom. The van der Waals surface area contributed by atoms with Crippen molar-refractivity contribution in [1.29, 1.82) is 0 Å². The largest absolute Gasteiger partial charge is 0.366 e. The molecule has 0 aromatic carbocycles. The summed E-state index contributed by atoms with van der Waals surface area (Å²) in [6.45, 7) is 3.12. The van der Waals surface area contributed by atoms with Crippen LogP contribution >= 0.6 is 0 Å². The van der Waals surface area contributed by atoms with Crippen molar-refractivity contribution in [3.8, 4) is 11.3 Å². The van der Waals surface area contributed by atoms with Gasteiger partial charge in [0.15, 0.2) is 17.4 Å². The second-order valence-corrected chi connectivity index (χ2v) is 7.30. The summed E-state index contributed by atoms with van der Waals surface area (Å²) in [4.78, 5) is 45.9. The van der Waals surface area contributed by atoms with Crippen LogP contribution in [0.15, 0.2) is 49.1 Å². The van der Waals surface area contributed by atoms with E-state index in [1.165, 1.54) is 19.3 Å². The van der Waals surface area contributed by atoms with Gasteiger partial charge in [0, 0.05) is 44.2 Å². The number of carbonyl (C=O) groups is 2. The Morgan fingerprint density at radius 3 is 2.83 bits per heavy atom. The Labute approximate surface area is 172 Å². The van der Waals surface area contributed by atoms with Gasteiger partial charge in [-0.25, -0.2) is 14.8 Å². The van der Waals surface area contributed by atoms with Gasteiger partial charge in [-0.2, -0.15) is 0 Å². The summed E-state index contributed by atoms with van der Waals surface area (Å²) in [5.74, 6) is 0.883. The number of nitrogens with one attached hydrogen (secondary N) is 1. The van der Waals surface area contributed by atoms with Crippen LogP contribution in [0, 0.1) is 0 Å². The Bertz CT molecular complexity index is 1140. The van der Waals surface area contributed by atoms with Gasteiger partial charge in [-0.1, -0.05) is 0 Å². The van der Waals surface area contributed by atoms with Crippen LogP contribution in [0.4, 0.5) is 22.1 Å². The Kier molecular flexibility index (Phi) is 4.35. The van der Waals surface area contributed by atoms with Gasteiger partial charge in [0.2, 0.25) is 0 Å². The molecule has 2 bridgehead atoms. The van der Waals surface area contributed by atoms with E-state index in [-0.39, 0.29) is 17.9 Å². The highest BCUT2D eigenvalue weighted by Gasteiger charge is 2.40. The molecule has 0 radical (unpaired) electrons. The lowest BCUT2D eigenvalue weighted by molar-refractivity contribution is 0.101. The van der Waals surface area contributed by atoms with E-state index in [2.05, 4.69) is 25.2 Å². The van der Waals surface area contributed by atoms with Gasteiger partial charge in [-0.3, -0.25) is 25.0 Å². The zero-order chi connectivity index (χ0) is 20.7. The maximum atomic E-state index is 13.1. The minimum Gasteiger partial charge on any atom is -0.366 e. The summed E-state index contributed by atoms with van der Waals surface area (Å²) < 4.78 is 0. The zero-order valence-corrected chi connectivity index (χ0v) is 16.3. The van der Waals surface area contributed by atoms with E-state index < -0.39 is 0 Å². The van der Waals surface area contributed by atoms with Crippen molar-refractivity contribution in [3.63, 3.8) is 0 Å². The van der Waals surface area contributed by atoms with Gasteiger partial charge in [0.05, 0.1) is 23.6 Å². The molecule has 1 atom stereocenters. The number of aromatic nitrogens is 4. The lowest BCUT2D eigenvalue weighted by Crippen LogP contribution is -2.48. The molecule has 1 saturated heterocycles. The van der Waals surface area contributed by atoms with Crippen LogP contribution in [0.3, 0.4) is 0 Å². The van der Waals surface area contributed by atoms with E-state index in [0.29, 0.717) is 23.0 Å². The molecule has 2 aliphatic rings. The van der Waals surface area contributed by atoms with E-state index in [1.807, 2.05) is 18.2 Å². The Hall–Kier alpha value is -3.88. The molecule has 3 aromatic heterocycles. The van der Waals surface area contributed by atoms with Crippen LogP contribution in [-0.4, -0.2) is 50.9 Å². The summed E-state index contributed by atoms with van der Waals surface area (Å²) in [5, 5.41) is 2.82. The highest BCUT2D eigenvalue weighted by molar-refractivity contribution is 6.04. The maximum Gasteiger partial charge on any atom is 0.329 e. The second-order valence-electron chi connectivity index (χ2n) is 7.30. The molecular weight excluding hydrogens is 382 g/mol. The van der Waals surface area contributed by atoms with Gasteiger partial charge in [0.25, 0.3) is 0 Å². The molecule has 2 amide bonds. The van der Waals surface area contributed by atoms with Gasteiger partial charge in [0.1, 0.15) is 5.69 Å². The number of fused-ring (bicyclic) bond motifs is 4. The molecule has 9 heteroatoms. The minimum atomic E-state index is -0.285. The average Bonchev–Trinajstić information content (AvgIpc) is 3.18. The number of hydrogen-bond donors (Lipinski definition) is 1. The molecule has 30 heavy (non-hydrogen) atoms. The summed E-state index contributed by atoms with van der Waals surface area (Å²) in [7, 11) is 0. The first-order valence-corrected chi connectivity index (χ1v) is 9.70. The molecule has 5 rings (SSSR count). The van der Waals surface area contributed by atoms with E-state index in [1.54, 1.807) is 23.4 Å². The number of urea groups is 1. The zero-order valence-electron chi connectivity index (χ0n) is 16.3. The third-order valence-corrected chi connectivity index (χ3v) is 5.39. The first kappa shape index (κ1) is 18.2. The lowest BCUT2D eigenvalue weighted by Gasteiger charge is -2.35. The fourth-order valence-corrected chi connectivity index (χ4v) is 3.95. The molecule has 1 fully saturated rings. The quantitative estimate of drug-likeness (QED) is 0.673. The molecule has 0 saturated carbocycles. The van der Waals surface area contributed by atoms with Crippen molar-refractivity contribution in [2.45, 2.75) is 19.4 Å². The smallest absolute Gasteiger partial charge is 0.329 e. The van der Waals surface area contributed by atoms with Crippen LogP contribution in [0.2, 0.25) is 0 Å². The van der Waals surface area contributed by atoms with Gasteiger partial charge >= 0.3 is 6.03 Å². The molecule has 3 aromatic rings. The van der Waals surface area contributed by atoms with Crippen molar-refractivity contribution < 1.29 is 9.59 Å². The van der Waals surface area contributed by atoms with E-state index >= 15 is 0 Å². The molecule has 5 heterocycles. The number of nitrogens with zero attached hydrogens (tertiary/aromatic N) is 6. The second kappa shape index (κ2) is 7.18. The van der Waals surface area contributed by atoms with Crippen LogP contribution in [-0.2, 0) is 0 Å². The number of amides is 2.